The molecule has 0 spiro atoms. The van der Waals surface area contributed by atoms with Crippen LogP contribution in [0.3, 0.4) is 0 Å². The molecule has 0 bridgehead atoms. The first-order valence-corrected chi connectivity index (χ1v) is 22.5. The van der Waals surface area contributed by atoms with Gasteiger partial charge in [-0.05, 0) is 82.9 Å². The van der Waals surface area contributed by atoms with Crippen molar-refractivity contribution in [2.75, 3.05) is 19.8 Å². The second-order valence-corrected chi connectivity index (χ2v) is 15.5. The maximum Gasteiger partial charge on any atom is 0.419 e. The third kappa shape index (κ3) is 15.8. The number of carbonyl (C=O) groups is 4. The fourth-order valence-corrected chi connectivity index (χ4v) is 7.28. The molecule has 2 aliphatic rings. The lowest BCUT2D eigenvalue weighted by Gasteiger charge is -2.22. The van der Waals surface area contributed by atoms with Crippen LogP contribution in [0, 0.1) is 0 Å². The van der Waals surface area contributed by atoms with Crippen molar-refractivity contribution in [3.05, 3.63) is 126 Å². The summed E-state index contributed by atoms with van der Waals surface area (Å²) in [5.74, 6) is -3.70. The fraction of sp³-hybridized carbons (Fsp3) is 0.388. The number of H-pyrrole nitrogens is 3. The van der Waals surface area contributed by atoms with Crippen LogP contribution in [0.25, 0.3) is 32.7 Å². The highest BCUT2D eigenvalue weighted by atomic mass is 16.6. The monoisotopic (exact) mass is 941 g/mol. The Bertz CT molecular complexity index is 2860. The van der Waals surface area contributed by atoms with Gasteiger partial charge >= 0.3 is 29.3 Å². The van der Waals surface area contributed by atoms with Crippen LogP contribution in [0.2, 0.25) is 0 Å². The van der Waals surface area contributed by atoms with E-state index in [-0.39, 0.29) is 54.9 Å². The highest BCUT2D eigenvalue weighted by Crippen LogP contribution is 2.26. The SMILES string of the molecule is CCOC(=O)CC(=O)OCC.CCOC(=O)c1c(O)c2ccccc2[nH]c1=O.NC1CCCCC1.O=C(NC1CCCCC1)c1c(O)c2ccccc2[nH]c1=O.O=c1[nH]c2ccccc2c(=O)o1. The molecule has 364 valence electrons. The Morgan fingerprint density at radius 2 is 1.03 bits per heavy atom. The Balaban J connectivity index is 0.000000194. The standard InChI is InChI=1S/C16H18N2O3.C12H11NO4.C8H5NO3.C7H12O4.C6H13N/c19-14-11-8-4-5-9-12(11)18-16(21)13(14)15(20)17-10-6-2-1-3-7-10;1-2-17-12(16)9-10(14)7-5-3-4-6-8(7)13-11(9)15;10-7-5-3-1-2-4-6(5)9-8(11)12-7;1-3-10-6(8)5-7(9)11-4-2;7-6-4-2-1-3-5-6/h4-5,8-10H,1-3,6-7H2,(H,17,20)(H2,18,19,21);3-6H,2H2,1H3,(H2,13,14,15);1-4H,(H,9,11);3-5H2,1-2H3;6H,1-5,7H2. The molecule has 2 fully saturated rings. The van der Waals surface area contributed by atoms with Gasteiger partial charge < -0.3 is 49.9 Å². The topological polar surface area (TPSA) is 303 Å². The van der Waals surface area contributed by atoms with E-state index in [1.165, 1.54) is 38.5 Å². The number of benzene rings is 3. The molecule has 6 aromatic rings. The molecule has 3 aromatic carbocycles. The molecule has 0 saturated heterocycles. The second-order valence-electron chi connectivity index (χ2n) is 15.5. The molecular weight excluding hydrogens is 883 g/mol. The van der Waals surface area contributed by atoms with Crippen LogP contribution in [0.4, 0.5) is 0 Å². The zero-order valence-corrected chi connectivity index (χ0v) is 38.4. The first-order valence-electron chi connectivity index (χ1n) is 22.5. The molecular formula is C49H59N5O14. The quantitative estimate of drug-likeness (QED) is 0.0525. The van der Waals surface area contributed by atoms with Crippen molar-refractivity contribution < 1.29 is 48.0 Å². The molecule has 8 rings (SSSR count). The zero-order valence-electron chi connectivity index (χ0n) is 38.4. The third-order valence-corrected chi connectivity index (χ3v) is 10.6. The number of esters is 3. The number of fused-ring (bicyclic) bond motifs is 3. The number of hydrogen-bond donors (Lipinski definition) is 7. The van der Waals surface area contributed by atoms with Gasteiger partial charge in [0.15, 0.2) is 5.56 Å². The van der Waals surface area contributed by atoms with Gasteiger partial charge in [-0.2, -0.15) is 0 Å². The number of hydrogen-bond acceptors (Lipinski definition) is 15. The van der Waals surface area contributed by atoms with E-state index in [0.717, 1.165) is 25.7 Å². The van der Waals surface area contributed by atoms with E-state index >= 15 is 0 Å². The summed E-state index contributed by atoms with van der Waals surface area (Å²) in [7, 11) is 0. The number of nitrogens with one attached hydrogen (secondary N) is 4. The molecule has 3 heterocycles. The number of amides is 1. The number of aromatic amines is 3. The Kier molecular flexibility index (Phi) is 21.2. The van der Waals surface area contributed by atoms with Crippen molar-refractivity contribution >= 4 is 56.5 Å². The summed E-state index contributed by atoms with van der Waals surface area (Å²) >= 11 is 0. The number of para-hydroxylation sites is 3. The van der Waals surface area contributed by atoms with Gasteiger partial charge in [0.25, 0.3) is 17.0 Å². The molecule has 3 aromatic heterocycles. The highest BCUT2D eigenvalue weighted by molar-refractivity contribution is 6.02. The van der Waals surface area contributed by atoms with Crippen LogP contribution in [0.5, 0.6) is 11.5 Å². The molecule has 0 aliphatic heterocycles. The fourth-order valence-electron chi connectivity index (χ4n) is 7.28. The van der Waals surface area contributed by atoms with Crippen LogP contribution in [-0.4, -0.2) is 80.9 Å². The van der Waals surface area contributed by atoms with E-state index in [0.29, 0.717) is 38.8 Å². The average Bonchev–Trinajstić information content (AvgIpc) is 3.31. The number of carbonyl (C=O) groups excluding carboxylic acids is 4. The normalized spacial score (nSPS) is 13.4. The van der Waals surface area contributed by atoms with E-state index in [2.05, 4.69) is 34.2 Å². The van der Waals surface area contributed by atoms with Crippen molar-refractivity contribution in [1.29, 1.82) is 0 Å². The lowest BCUT2D eigenvalue weighted by molar-refractivity contribution is -0.153. The minimum absolute atomic E-state index is 0.0940. The Morgan fingerprint density at radius 1 is 0.603 bits per heavy atom. The Labute approximate surface area is 390 Å². The summed E-state index contributed by atoms with van der Waals surface area (Å²) in [5.41, 5.74) is 4.77. The third-order valence-electron chi connectivity index (χ3n) is 10.6. The largest absolute Gasteiger partial charge is 0.506 e. The molecule has 0 radical (unpaired) electrons. The molecule has 2 saturated carbocycles. The summed E-state index contributed by atoms with van der Waals surface area (Å²) in [4.78, 5) is 98.0. The van der Waals surface area contributed by atoms with Crippen LogP contribution < -0.4 is 33.6 Å². The first kappa shape index (κ1) is 53.1. The summed E-state index contributed by atoms with van der Waals surface area (Å²) < 4.78 is 18.1. The molecule has 68 heavy (non-hydrogen) atoms. The van der Waals surface area contributed by atoms with Gasteiger partial charge in [-0.15, -0.1) is 0 Å². The molecule has 19 heteroatoms. The molecule has 8 N–H and O–H groups in total. The highest BCUT2D eigenvalue weighted by Gasteiger charge is 2.23. The minimum atomic E-state index is -0.822. The molecule has 0 atom stereocenters. The number of aromatic hydroxyl groups is 2. The van der Waals surface area contributed by atoms with Crippen molar-refractivity contribution in [2.24, 2.45) is 5.73 Å². The number of nitrogens with two attached hydrogens (primary N) is 1. The van der Waals surface area contributed by atoms with Crippen molar-refractivity contribution in [3.63, 3.8) is 0 Å². The lowest BCUT2D eigenvalue weighted by atomic mass is 9.95. The summed E-state index contributed by atoms with van der Waals surface area (Å²) in [6, 6.07) is 20.9. The first-order chi connectivity index (χ1) is 32.7. The minimum Gasteiger partial charge on any atom is -0.506 e. The van der Waals surface area contributed by atoms with Crippen LogP contribution >= 0.6 is 0 Å². The summed E-state index contributed by atoms with van der Waals surface area (Å²) in [6.45, 7) is 5.72. The van der Waals surface area contributed by atoms with Crippen molar-refractivity contribution in [2.45, 2.75) is 103 Å². The van der Waals surface area contributed by atoms with Gasteiger partial charge in [-0.3, -0.25) is 29.0 Å². The van der Waals surface area contributed by atoms with Gasteiger partial charge in [0.2, 0.25) is 0 Å². The van der Waals surface area contributed by atoms with Gasteiger partial charge in [0.05, 0.1) is 41.8 Å². The van der Waals surface area contributed by atoms with E-state index in [4.69, 9.17) is 10.5 Å². The smallest absolute Gasteiger partial charge is 0.419 e. The van der Waals surface area contributed by atoms with Crippen LogP contribution in [-0.2, 0) is 23.8 Å². The Morgan fingerprint density at radius 3 is 1.50 bits per heavy atom. The molecule has 1 amide bonds. The van der Waals surface area contributed by atoms with Gasteiger partial charge in [0.1, 0.15) is 23.5 Å². The maximum atomic E-state index is 12.3. The average molecular weight is 942 g/mol. The van der Waals surface area contributed by atoms with E-state index in [1.807, 2.05) is 0 Å². The number of pyridine rings is 2. The molecule has 19 nitrogen and oxygen atoms in total. The maximum absolute atomic E-state index is 12.3. The number of rotatable bonds is 8. The van der Waals surface area contributed by atoms with Crippen molar-refractivity contribution in [3.8, 4) is 11.5 Å². The van der Waals surface area contributed by atoms with Gasteiger partial charge in [-0.25, -0.2) is 14.4 Å². The van der Waals surface area contributed by atoms with Crippen molar-refractivity contribution in [1.82, 2.24) is 20.3 Å². The van der Waals surface area contributed by atoms with Crippen LogP contribution in [0.15, 0.2) is 96.4 Å². The predicted molar refractivity (Wildman–Crippen MR) is 255 cm³/mol. The van der Waals surface area contributed by atoms with E-state index < -0.39 is 46.3 Å². The second kappa shape index (κ2) is 27.2. The Hall–Kier alpha value is -7.54. The predicted octanol–water partition coefficient (Wildman–Crippen LogP) is 5.97. The van der Waals surface area contributed by atoms with E-state index in [1.54, 1.807) is 93.6 Å². The molecule has 2 aliphatic carbocycles. The number of ether oxygens (including phenoxy) is 3. The van der Waals surface area contributed by atoms with Gasteiger partial charge in [-0.1, -0.05) is 74.9 Å². The lowest BCUT2D eigenvalue weighted by Crippen LogP contribution is -2.38. The van der Waals surface area contributed by atoms with Gasteiger partial charge in [0, 0.05) is 22.9 Å². The van der Waals surface area contributed by atoms with E-state index in [9.17, 15) is 48.6 Å². The zero-order chi connectivity index (χ0) is 49.6. The number of aromatic nitrogens is 3. The van der Waals surface area contributed by atoms with Crippen LogP contribution in [0.1, 0.15) is 112 Å². The summed E-state index contributed by atoms with van der Waals surface area (Å²) in [5, 5.41) is 24.3. The summed E-state index contributed by atoms with van der Waals surface area (Å²) in [6.07, 6.45) is 11.6. The molecule has 0 unspecified atom stereocenters.